The van der Waals surface area contributed by atoms with Crippen molar-refractivity contribution < 1.29 is 63.5 Å². The first kappa shape index (κ1) is 30.8. The minimum Gasteiger partial charge on any atom is -0.341 e. The number of rotatable bonds is 0. The zero-order chi connectivity index (χ0) is 12.6. The fourth-order valence-electron chi connectivity index (χ4n) is 0. The molecule has 0 heterocycles. The molecular weight excluding hydrogens is 397 g/mol. The smallest absolute Gasteiger partial charge is 0.341 e. The van der Waals surface area contributed by atoms with Gasteiger partial charge in [0, 0.05) is 17.1 Å². The molecule has 111 valence electrons. The van der Waals surface area contributed by atoms with E-state index in [0.717, 1.165) is 0 Å². The van der Waals surface area contributed by atoms with Gasteiger partial charge in [-0.15, -0.1) is 0 Å². The van der Waals surface area contributed by atoms with Crippen molar-refractivity contribution in [2.45, 2.75) is 13.8 Å². The molecule has 1 radical (unpaired) electrons. The summed E-state index contributed by atoms with van der Waals surface area (Å²) in [6.07, 6.45) is 0. The van der Waals surface area contributed by atoms with Gasteiger partial charge in [0.05, 0.1) is 0 Å². The van der Waals surface area contributed by atoms with Crippen LogP contribution in [-0.2, 0) is 57.8 Å². The van der Waals surface area contributed by atoms with Crippen LogP contribution < -0.4 is 0 Å². The summed E-state index contributed by atoms with van der Waals surface area (Å²) in [6, 6.07) is 0. The maximum atomic E-state index is 7.56. The molecule has 6 nitrogen and oxygen atoms in total. The second-order valence-electron chi connectivity index (χ2n) is 2.42. The summed E-state index contributed by atoms with van der Waals surface area (Å²) in [4.78, 5) is 45.3. The van der Waals surface area contributed by atoms with Crippen LogP contribution in [0, 0.1) is 12.8 Å². The van der Waals surface area contributed by atoms with E-state index in [1.807, 2.05) is 0 Å². The summed E-state index contributed by atoms with van der Waals surface area (Å²) in [7, 11) is 0. The van der Waals surface area contributed by atoms with E-state index in [9.17, 15) is 0 Å². The maximum Gasteiger partial charge on any atom is 1.00 e. The average Bonchev–Trinajstić information content (AvgIpc) is 1.45. The van der Waals surface area contributed by atoms with Gasteiger partial charge in [0.25, 0.3) is 0 Å². The minimum atomic E-state index is -3.81. The summed E-state index contributed by atoms with van der Waals surface area (Å²) < 4.78 is 0. The second-order valence-corrected chi connectivity index (χ2v) is 7.41. The van der Waals surface area contributed by atoms with Gasteiger partial charge in [0.1, 0.15) is 0 Å². The van der Waals surface area contributed by atoms with Crippen LogP contribution in [0.25, 0.3) is 0 Å². The van der Waals surface area contributed by atoms with Crippen molar-refractivity contribution in [1.82, 2.24) is 0 Å². The van der Waals surface area contributed by atoms with Gasteiger partial charge in [0.2, 0.25) is 0 Å². The van der Waals surface area contributed by atoms with E-state index in [0.29, 0.717) is 5.92 Å². The topological polar surface area (TPSA) is 121 Å². The Morgan fingerprint density at radius 1 is 0.875 bits per heavy atom. The van der Waals surface area contributed by atoms with Gasteiger partial charge in [-0.3, -0.25) is 0 Å². The monoisotopic (exact) mass is 411 g/mol. The minimum absolute atomic E-state index is 0. The molecule has 0 aromatic rings. The van der Waals surface area contributed by atoms with E-state index in [2.05, 4.69) is 44.4 Å². The van der Waals surface area contributed by atoms with Crippen molar-refractivity contribution in [3.05, 3.63) is 6.92 Å². The van der Waals surface area contributed by atoms with E-state index in [1.165, 1.54) is 0 Å². The van der Waals surface area contributed by atoms with E-state index < -0.39 is 13.4 Å². The molecule has 6 N–H and O–H groups in total. The van der Waals surface area contributed by atoms with Crippen LogP contribution in [0.2, 0.25) is 0 Å². The Balaban J connectivity index is -0.0000000358. The summed E-state index contributed by atoms with van der Waals surface area (Å²) >= 11 is 7.21. The van der Waals surface area contributed by atoms with Crippen LogP contribution in [0.5, 0.6) is 0 Å². The van der Waals surface area contributed by atoms with Crippen molar-refractivity contribution in [2.75, 3.05) is 0 Å². The SMILES string of the molecule is OP(O)(O)=S.OP(O)(O)=S.[CH2-]C(C)C.[Cu+].[Cu]. The van der Waals surface area contributed by atoms with E-state index in [-0.39, 0.29) is 34.1 Å². The van der Waals surface area contributed by atoms with Gasteiger partial charge in [-0.25, -0.2) is 0 Å². The third-order valence-corrected chi connectivity index (χ3v) is 0. The molecule has 12 heteroatoms. The Morgan fingerprint density at radius 2 is 0.875 bits per heavy atom. The molecule has 0 aromatic carbocycles. The molecule has 0 amide bonds. The molecule has 0 spiro atoms. The first-order valence-electron chi connectivity index (χ1n) is 3.13. The van der Waals surface area contributed by atoms with E-state index >= 15 is 0 Å². The third kappa shape index (κ3) is 833. The zero-order valence-electron chi connectivity index (χ0n) is 8.28. The van der Waals surface area contributed by atoms with Gasteiger partial charge >= 0.3 is 30.5 Å². The van der Waals surface area contributed by atoms with Crippen molar-refractivity contribution in [1.29, 1.82) is 0 Å². The Hall–Kier alpha value is 2.10. The molecule has 16 heavy (non-hydrogen) atoms. The quantitative estimate of drug-likeness (QED) is 0.185. The van der Waals surface area contributed by atoms with Crippen LogP contribution in [0.1, 0.15) is 13.8 Å². The van der Waals surface area contributed by atoms with Crippen molar-refractivity contribution in [2.24, 2.45) is 5.92 Å². The van der Waals surface area contributed by atoms with Gasteiger partial charge in [-0.1, -0.05) is 13.8 Å². The normalized spacial score (nSPS) is 9.62. The van der Waals surface area contributed by atoms with Crippen LogP contribution in [0.15, 0.2) is 0 Å². The molecule has 0 fully saturated rings. The van der Waals surface area contributed by atoms with Crippen LogP contribution in [0.4, 0.5) is 0 Å². The molecule has 0 aromatic heterocycles. The number of hydrogen-bond donors (Lipinski definition) is 6. The standard InChI is InChI=1S/C4H9.2Cu.2H3O3PS/c1-4(2)3;;;2*1-4(2,3)5/h4H,1H2,2-3H3;;;2*(H3,1,2,3,5)/q-1;;+1;;. The van der Waals surface area contributed by atoms with Crippen LogP contribution in [-0.4, -0.2) is 29.4 Å². The molecule has 0 saturated heterocycles. The molecular formula is C4H15Cu2O6P2S2. The maximum absolute atomic E-state index is 7.56. The molecule has 0 aliphatic heterocycles. The fourth-order valence-corrected chi connectivity index (χ4v) is 0. The molecule has 0 rings (SSSR count). The Labute approximate surface area is 127 Å². The molecule has 0 atom stereocenters. The van der Waals surface area contributed by atoms with Gasteiger partial charge in [-0.2, -0.15) is 5.92 Å². The van der Waals surface area contributed by atoms with Crippen molar-refractivity contribution >= 4 is 37.1 Å². The zero-order valence-corrected chi connectivity index (χ0v) is 13.6. The van der Waals surface area contributed by atoms with Crippen LogP contribution >= 0.6 is 13.4 Å². The molecule has 0 aliphatic rings. The van der Waals surface area contributed by atoms with Gasteiger partial charge < -0.3 is 36.3 Å². The first-order chi connectivity index (χ1) is 5.73. The third-order valence-electron chi connectivity index (χ3n) is 0. The van der Waals surface area contributed by atoms with E-state index in [1.54, 1.807) is 0 Å². The second kappa shape index (κ2) is 15.2. The predicted octanol–water partition coefficient (Wildman–Crippen LogP) is -0.153. The molecule has 0 saturated carbocycles. The predicted molar refractivity (Wildman–Crippen MR) is 62.1 cm³/mol. The molecule has 0 bridgehead atoms. The molecule has 0 unspecified atom stereocenters. The largest absolute Gasteiger partial charge is 1.00 e. The van der Waals surface area contributed by atoms with Gasteiger partial charge in [0.15, 0.2) is 0 Å². The summed E-state index contributed by atoms with van der Waals surface area (Å²) in [6.45, 7) is 0.139. The summed E-state index contributed by atoms with van der Waals surface area (Å²) in [5.41, 5.74) is 0. The summed E-state index contributed by atoms with van der Waals surface area (Å²) in [5.74, 6) is 0.583. The summed E-state index contributed by atoms with van der Waals surface area (Å²) in [5, 5.41) is 0. The Kier molecular flexibility index (Phi) is 29.2. The Bertz CT molecular complexity index is 177. The van der Waals surface area contributed by atoms with Crippen LogP contribution in [0.3, 0.4) is 0 Å². The Morgan fingerprint density at radius 3 is 0.875 bits per heavy atom. The van der Waals surface area contributed by atoms with E-state index in [4.69, 9.17) is 29.4 Å². The molecule has 0 aliphatic carbocycles. The van der Waals surface area contributed by atoms with Gasteiger partial charge in [-0.05, 0) is 23.6 Å². The van der Waals surface area contributed by atoms with Crippen molar-refractivity contribution in [3.8, 4) is 0 Å². The first-order valence-corrected chi connectivity index (χ1v) is 8.45. The average molecular weight is 412 g/mol. The fraction of sp³-hybridized carbons (Fsp3) is 0.750. The number of hydrogen-bond acceptors (Lipinski definition) is 2. The van der Waals surface area contributed by atoms with Crippen molar-refractivity contribution in [3.63, 3.8) is 0 Å².